The lowest BCUT2D eigenvalue weighted by molar-refractivity contribution is 0.0414. The summed E-state index contributed by atoms with van der Waals surface area (Å²) in [5, 5.41) is 0. The van der Waals surface area contributed by atoms with Crippen molar-refractivity contribution in [3.8, 4) is 0 Å². The third-order valence-corrected chi connectivity index (χ3v) is 4.07. The number of carbonyl (C=O) groups is 1. The first-order chi connectivity index (χ1) is 9.65. The highest BCUT2D eigenvalue weighted by Gasteiger charge is 2.33. The summed E-state index contributed by atoms with van der Waals surface area (Å²) in [6.45, 7) is 4.20. The van der Waals surface area contributed by atoms with Crippen LogP contribution in [0.25, 0.3) is 0 Å². The van der Waals surface area contributed by atoms with E-state index in [9.17, 15) is 4.79 Å². The molecule has 2 aliphatic rings. The number of amides is 2. The molecule has 0 aromatic heterocycles. The summed E-state index contributed by atoms with van der Waals surface area (Å²) in [6.07, 6.45) is 2.63. The molecule has 2 saturated heterocycles. The lowest BCUT2D eigenvalue weighted by atomic mass is 10.2. The first-order valence-corrected chi connectivity index (χ1v) is 7.21. The van der Waals surface area contributed by atoms with E-state index in [0.29, 0.717) is 24.9 Å². The number of carbonyl (C=O) groups excluding carboxylic acids is 1. The van der Waals surface area contributed by atoms with Gasteiger partial charge in [0.25, 0.3) is 0 Å². The molecule has 108 valence electrons. The number of para-hydroxylation sites is 2. The van der Waals surface area contributed by atoms with Gasteiger partial charge < -0.3 is 15.4 Å². The average Bonchev–Trinajstić information content (AvgIpc) is 2.99. The smallest absolute Gasteiger partial charge is 0.324 e. The van der Waals surface area contributed by atoms with Gasteiger partial charge in [-0.2, -0.15) is 0 Å². The summed E-state index contributed by atoms with van der Waals surface area (Å²) in [5.74, 6) is 0. The average molecular weight is 275 g/mol. The molecular formula is C15H21N3O2. The number of nitrogens with zero attached hydrogens (tertiary/aromatic N) is 2. The quantitative estimate of drug-likeness (QED) is 0.859. The van der Waals surface area contributed by atoms with Gasteiger partial charge in [0, 0.05) is 19.6 Å². The van der Waals surface area contributed by atoms with Crippen LogP contribution in [0.1, 0.15) is 19.8 Å². The lowest BCUT2D eigenvalue weighted by Gasteiger charge is -2.22. The van der Waals surface area contributed by atoms with Gasteiger partial charge in [0.05, 0.1) is 23.6 Å². The normalized spacial score (nSPS) is 26.6. The molecule has 2 unspecified atom stereocenters. The minimum atomic E-state index is 0.0334. The van der Waals surface area contributed by atoms with Crippen molar-refractivity contribution >= 4 is 17.4 Å². The number of benzene rings is 1. The molecule has 2 fully saturated rings. The molecule has 2 amide bonds. The molecule has 20 heavy (non-hydrogen) atoms. The lowest BCUT2D eigenvalue weighted by Crippen LogP contribution is -2.37. The first kappa shape index (κ1) is 13.2. The predicted molar refractivity (Wildman–Crippen MR) is 78.7 cm³/mol. The molecule has 2 atom stereocenters. The van der Waals surface area contributed by atoms with Crippen molar-refractivity contribution in [2.24, 2.45) is 0 Å². The van der Waals surface area contributed by atoms with Crippen LogP contribution in [0.3, 0.4) is 0 Å². The van der Waals surface area contributed by atoms with E-state index in [1.807, 2.05) is 29.2 Å². The van der Waals surface area contributed by atoms with E-state index >= 15 is 0 Å². The summed E-state index contributed by atoms with van der Waals surface area (Å²) < 4.78 is 5.80. The number of hydrogen-bond acceptors (Lipinski definition) is 3. The van der Waals surface area contributed by atoms with E-state index in [0.717, 1.165) is 25.1 Å². The number of nitrogens with two attached hydrogens (primary N) is 1. The zero-order valence-corrected chi connectivity index (χ0v) is 11.8. The van der Waals surface area contributed by atoms with Crippen molar-refractivity contribution in [1.29, 1.82) is 0 Å². The van der Waals surface area contributed by atoms with Gasteiger partial charge in [-0.3, -0.25) is 4.90 Å². The molecule has 5 nitrogen and oxygen atoms in total. The van der Waals surface area contributed by atoms with Crippen LogP contribution in [0.15, 0.2) is 24.3 Å². The molecule has 1 aromatic rings. The number of nitrogen functional groups attached to an aromatic ring is 1. The Morgan fingerprint density at radius 1 is 1.30 bits per heavy atom. The third-order valence-electron chi connectivity index (χ3n) is 4.07. The van der Waals surface area contributed by atoms with Crippen LogP contribution < -0.4 is 10.6 Å². The maximum absolute atomic E-state index is 12.5. The monoisotopic (exact) mass is 275 g/mol. The molecule has 0 saturated carbocycles. The van der Waals surface area contributed by atoms with Gasteiger partial charge in [-0.05, 0) is 31.9 Å². The van der Waals surface area contributed by atoms with Gasteiger partial charge in [0.15, 0.2) is 0 Å². The molecule has 2 aliphatic heterocycles. The predicted octanol–water partition coefficient (Wildman–Crippen LogP) is 2.08. The Bertz CT molecular complexity index is 506. The number of anilines is 2. The minimum absolute atomic E-state index is 0.0334. The molecule has 1 aromatic carbocycles. The number of urea groups is 1. The zero-order chi connectivity index (χ0) is 14.1. The highest BCUT2D eigenvalue weighted by molar-refractivity contribution is 5.97. The highest BCUT2D eigenvalue weighted by Crippen LogP contribution is 2.27. The van der Waals surface area contributed by atoms with E-state index in [4.69, 9.17) is 10.5 Å². The SMILES string of the molecule is CC1CCC(CN2CCN(c3ccccc3N)C2=O)O1. The van der Waals surface area contributed by atoms with E-state index in [2.05, 4.69) is 6.92 Å². The second-order valence-electron chi connectivity index (χ2n) is 5.59. The van der Waals surface area contributed by atoms with Gasteiger partial charge in [-0.15, -0.1) is 0 Å². The Morgan fingerprint density at radius 2 is 2.10 bits per heavy atom. The van der Waals surface area contributed by atoms with Crippen LogP contribution in [0.4, 0.5) is 16.2 Å². The molecule has 0 bridgehead atoms. The minimum Gasteiger partial charge on any atom is -0.397 e. The van der Waals surface area contributed by atoms with Crippen molar-refractivity contribution in [2.45, 2.75) is 32.0 Å². The van der Waals surface area contributed by atoms with E-state index < -0.39 is 0 Å². The molecule has 0 spiro atoms. The van der Waals surface area contributed by atoms with Crippen LogP contribution in [0, 0.1) is 0 Å². The fraction of sp³-hybridized carbons (Fsp3) is 0.533. The molecule has 5 heteroatoms. The molecule has 0 aliphatic carbocycles. The maximum atomic E-state index is 12.5. The van der Waals surface area contributed by atoms with Gasteiger partial charge in [-0.25, -0.2) is 4.79 Å². The second-order valence-corrected chi connectivity index (χ2v) is 5.59. The van der Waals surface area contributed by atoms with Crippen molar-refractivity contribution in [3.63, 3.8) is 0 Å². The Morgan fingerprint density at radius 3 is 2.80 bits per heavy atom. The van der Waals surface area contributed by atoms with Crippen LogP contribution in [-0.2, 0) is 4.74 Å². The van der Waals surface area contributed by atoms with Crippen molar-refractivity contribution in [3.05, 3.63) is 24.3 Å². The highest BCUT2D eigenvalue weighted by atomic mass is 16.5. The third kappa shape index (κ3) is 2.45. The van der Waals surface area contributed by atoms with Crippen molar-refractivity contribution in [1.82, 2.24) is 4.90 Å². The summed E-state index contributed by atoms with van der Waals surface area (Å²) in [6, 6.07) is 7.54. The number of ether oxygens (including phenoxy) is 1. The van der Waals surface area contributed by atoms with Gasteiger partial charge in [0.1, 0.15) is 0 Å². The Kier molecular flexibility index (Phi) is 3.53. The van der Waals surface area contributed by atoms with Crippen molar-refractivity contribution in [2.75, 3.05) is 30.3 Å². The van der Waals surface area contributed by atoms with Gasteiger partial charge >= 0.3 is 6.03 Å². The van der Waals surface area contributed by atoms with Crippen LogP contribution in [-0.4, -0.2) is 42.8 Å². The summed E-state index contributed by atoms with van der Waals surface area (Å²) in [7, 11) is 0. The molecule has 3 rings (SSSR count). The first-order valence-electron chi connectivity index (χ1n) is 7.21. The molecular weight excluding hydrogens is 254 g/mol. The fourth-order valence-electron chi connectivity index (χ4n) is 2.97. The summed E-state index contributed by atoms with van der Waals surface area (Å²) in [4.78, 5) is 16.1. The standard InChI is InChI=1S/C15H21N3O2/c1-11-6-7-12(20-11)10-17-8-9-18(15(17)19)14-5-3-2-4-13(14)16/h2-5,11-12H,6-10,16H2,1H3. The zero-order valence-electron chi connectivity index (χ0n) is 11.8. The van der Waals surface area contributed by atoms with E-state index in [1.165, 1.54) is 0 Å². The molecule has 2 heterocycles. The maximum Gasteiger partial charge on any atom is 0.324 e. The Balaban J connectivity index is 1.67. The summed E-state index contributed by atoms with van der Waals surface area (Å²) in [5.41, 5.74) is 7.41. The number of rotatable bonds is 3. The fourth-order valence-corrected chi connectivity index (χ4v) is 2.97. The van der Waals surface area contributed by atoms with Gasteiger partial charge in [-0.1, -0.05) is 12.1 Å². The van der Waals surface area contributed by atoms with Crippen LogP contribution in [0.2, 0.25) is 0 Å². The van der Waals surface area contributed by atoms with Gasteiger partial charge in [0.2, 0.25) is 0 Å². The van der Waals surface area contributed by atoms with Crippen LogP contribution >= 0.6 is 0 Å². The molecule has 2 N–H and O–H groups in total. The van der Waals surface area contributed by atoms with E-state index in [1.54, 1.807) is 4.90 Å². The second kappa shape index (κ2) is 5.32. The Hall–Kier alpha value is -1.75. The van der Waals surface area contributed by atoms with E-state index in [-0.39, 0.29) is 12.1 Å². The van der Waals surface area contributed by atoms with Crippen LogP contribution in [0.5, 0.6) is 0 Å². The number of hydrogen-bond donors (Lipinski definition) is 1. The topological polar surface area (TPSA) is 58.8 Å². The Labute approximate surface area is 119 Å². The molecule has 0 radical (unpaired) electrons. The largest absolute Gasteiger partial charge is 0.397 e. The summed E-state index contributed by atoms with van der Waals surface area (Å²) >= 11 is 0. The van der Waals surface area contributed by atoms with Crippen molar-refractivity contribution < 1.29 is 9.53 Å².